The largest absolute Gasteiger partial charge is 0.294 e. The molecule has 1 aliphatic carbocycles. The van der Waals surface area contributed by atoms with Crippen molar-refractivity contribution in [3.05, 3.63) is 58.7 Å². The maximum Gasteiger partial charge on any atom is 0.165 e. The van der Waals surface area contributed by atoms with E-state index in [4.69, 9.17) is 0 Å². The molecular weight excluding hydrogens is 272 g/mol. The van der Waals surface area contributed by atoms with E-state index in [1.165, 1.54) is 0 Å². The van der Waals surface area contributed by atoms with E-state index < -0.39 is 0 Å². The van der Waals surface area contributed by atoms with Crippen LogP contribution in [0.25, 0.3) is 0 Å². The molecule has 22 heavy (non-hydrogen) atoms. The van der Waals surface area contributed by atoms with E-state index in [0.29, 0.717) is 6.42 Å². The number of rotatable bonds is 0. The van der Waals surface area contributed by atoms with Crippen LogP contribution >= 0.6 is 0 Å². The zero-order valence-corrected chi connectivity index (χ0v) is 13.1. The smallest absolute Gasteiger partial charge is 0.165 e. The van der Waals surface area contributed by atoms with Crippen molar-refractivity contribution in [2.45, 2.75) is 33.6 Å². The maximum atomic E-state index is 12.3. The number of ketones is 1. The molecule has 0 radical (unpaired) electrons. The van der Waals surface area contributed by atoms with Gasteiger partial charge >= 0.3 is 0 Å². The molecule has 0 N–H and O–H groups in total. The lowest BCUT2D eigenvalue weighted by atomic mass is 9.75. The predicted molar refractivity (Wildman–Crippen MR) is 85.6 cm³/mol. The first-order valence-electron chi connectivity index (χ1n) is 7.41. The normalized spacial score (nSPS) is 15.7. The summed E-state index contributed by atoms with van der Waals surface area (Å²) in [5.74, 6) is 6.24. The molecule has 0 amide bonds. The monoisotopic (exact) mass is 290 g/mol. The molecule has 1 aliphatic rings. The average molecular weight is 290 g/mol. The Bertz CT molecular complexity index is 810. The van der Waals surface area contributed by atoms with E-state index in [-0.39, 0.29) is 11.2 Å². The van der Waals surface area contributed by atoms with Gasteiger partial charge in [-0.25, -0.2) is 4.98 Å². The fraction of sp³-hybridized carbons (Fsp3) is 0.316. The number of aryl methyl sites for hydroxylation is 1. The highest BCUT2D eigenvalue weighted by atomic mass is 16.1. The highest BCUT2D eigenvalue weighted by molar-refractivity contribution is 5.98. The van der Waals surface area contributed by atoms with Gasteiger partial charge in [0, 0.05) is 29.4 Å². The Morgan fingerprint density at radius 1 is 1.18 bits per heavy atom. The van der Waals surface area contributed by atoms with Crippen LogP contribution in [0.4, 0.5) is 0 Å². The summed E-state index contributed by atoms with van der Waals surface area (Å²) < 4.78 is 0. The van der Waals surface area contributed by atoms with Gasteiger partial charge in [0.15, 0.2) is 5.78 Å². The highest BCUT2D eigenvalue weighted by Crippen LogP contribution is 2.33. The van der Waals surface area contributed by atoms with Gasteiger partial charge in [-0.1, -0.05) is 25.8 Å². The third-order valence-electron chi connectivity index (χ3n) is 3.78. The molecule has 0 saturated carbocycles. The molecule has 3 rings (SSSR count). The van der Waals surface area contributed by atoms with Gasteiger partial charge in [-0.05, 0) is 42.9 Å². The summed E-state index contributed by atoms with van der Waals surface area (Å²) in [4.78, 5) is 21.1. The Kier molecular flexibility index (Phi) is 3.54. The SMILES string of the molecule is Cc1cccc(C#Cc2cnc3c(c2)C(=O)CC(C)(C)C3)n1. The topological polar surface area (TPSA) is 42.9 Å². The fourth-order valence-corrected chi connectivity index (χ4v) is 2.74. The number of carbonyl (C=O) groups is 1. The Hall–Kier alpha value is -2.47. The molecule has 0 saturated heterocycles. The van der Waals surface area contributed by atoms with Gasteiger partial charge < -0.3 is 0 Å². The Morgan fingerprint density at radius 2 is 2.00 bits per heavy atom. The van der Waals surface area contributed by atoms with Crippen molar-refractivity contribution in [3.8, 4) is 11.8 Å². The van der Waals surface area contributed by atoms with Crippen LogP contribution in [0.5, 0.6) is 0 Å². The molecule has 0 atom stereocenters. The first-order valence-corrected chi connectivity index (χ1v) is 7.41. The lowest BCUT2D eigenvalue weighted by Crippen LogP contribution is -2.27. The minimum atomic E-state index is -0.00420. The molecular formula is C19H18N2O. The summed E-state index contributed by atoms with van der Waals surface area (Å²) >= 11 is 0. The predicted octanol–water partition coefficient (Wildman–Crippen LogP) is 3.34. The second-order valence-electron chi connectivity index (χ2n) is 6.57. The number of fused-ring (bicyclic) bond motifs is 1. The van der Waals surface area contributed by atoms with Crippen molar-refractivity contribution >= 4 is 5.78 Å². The Balaban J connectivity index is 1.92. The van der Waals surface area contributed by atoms with Gasteiger partial charge in [-0.3, -0.25) is 9.78 Å². The summed E-state index contributed by atoms with van der Waals surface area (Å²) in [6.45, 7) is 6.14. The van der Waals surface area contributed by atoms with E-state index in [0.717, 1.165) is 34.6 Å². The first-order chi connectivity index (χ1) is 10.4. The van der Waals surface area contributed by atoms with Crippen molar-refractivity contribution in [2.24, 2.45) is 5.41 Å². The van der Waals surface area contributed by atoms with Crippen LogP contribution in [0.2, 0.25) is 0 Å². The van der Waals surface area contributed by atoms with Gasteiger partial charge in [-0.15, -0.1) is 0 Å². The van der Waals surface area contributed by atoms with Crippen LogP contribution in [0.3, 0.4) is 0 Å². The lowest BCUT2D eigenvalue weighted by Gasteiger charge is -2.29. The van der Waals surface area contributed by atoms with Gasteiger partial charge in [0.2, 0.25) is 0 Å². The second kappa shape index (κ2) is 5.38. The summed E-state index contributed by atoms with van der Waals surface area (Å²) in [6, 6.07) is 7.61. The first kappa shape index (κ1) is 14.5. The van der Waals surface area contributed by atoms with E-state index in [1.54, 1.807) is 6.20 Å². The molecule has 0 bridgehead atoms. The zero-order chi connectivity index (χ0) is 15.7. The van der Waals surface area contributed by atoms with Crippen LogP contribution < -0.4 is 0 Å². The number of hydrogen-bond donors (Lipinski definition) is 0. The summed E-state index contributed by atoms with van der Waals surface area (Å²) in [6.07, 6.45) is 3.15. The van der Waals surface area contributed by atoms with Crippen molar-refractivity contribution in [2.75, 3.05) is 0 Å². The molecule has 3 heteroatoms. The number of hydrogen-bond acceptors (Lipinski definition) is 3. The van der Waals surface area contributed by atoms with E-state index >= 15 is 0 Å². The molecule has 0 spiro atoms. The van der Waals surface area contributed by atoms with E-state index in [2.05, 4.69) is 35.7 Å². The van der Waals surface area contributed by atoms with Gasteiger partial charge in [-0.2, -0.15) is 0 Å². The standard InChI is InChI=1S/C19H18N2O/c1-13-5-4-6-15(21-13)8-7-14-9-16-17(20-12-14)10-19(2,3)11-18(16)22/h4-6,9,12H,10-11H2,1-3H3. The summed E-state index contributed by atoms with van der Waals surface area (Å²) in [7, 11) is 0. The molecule has 2 aromatic heterocycles. The fourth-order valence-electron chi connectivity index (χ4n) is 2.74. The third-order valence-corrected chi connectivity index (χ3v) is 3.78. The quantitative estimate of drug-likeness (QED) is 0.699. The van der Waals surface area contributed by atoms with Crippen LogP contribution in [0.1, 0.15) is 53.3 Å². The minimum Gasteiger partial charge on any atom is -0.294 e. The maximum absolute atomic E-state index is 12.3. The molecule has 2 heterocycles. The summed E-state index contributed by atoms with van der Waals surface area (Å²) in [5, 5.41) is 0. The van der Waals surface area contributed by atoms with Crippen LogP contribution in [-0.4, -0.2) is 15.8 Å². The number of Topliss-reactive ketones (excluding diaryl/α,β-unsaturated/α-hetero) is 1. The molecule has 0 unspecified atom stereocenters. The lowest BCUT2D eigenvalue weighted by molar-refractivity contribution is 0.0910. The van der Waals surface area contributed by atoms with Crippen molar-refractivity contribution in [1.82, 2.24) is 9.97 Å². The third kappa shape index (κ3) is 3.07. The Labute approximate surface area is 130 Å². The minimum absolute atomic E-state index is 0.00420. The number of aromatic nitrogens is 2. The highest BCUT2D eigenvalue weighted by Gasteiger charge is 2.31. The van der Waals surface area contributed by atoms with E-state index in [1.807, 2.05) is 31.2 Å². The van der Waals surface area contributed by atoms with Crippen molar-refractivity contribution in [3.63, 3.8) is 0 Å². The molecule has 110 valence electrons. The molecule has 3 nitrogen and oxygen atoms in total. The van der Waals surface area contributed by atoms with Crippen LogP contribution in [-0.2, 0) is 6.42 Å². The van der Waals surface area contributed by atoms with Crippen LogP contribution in [0.15, 0.2) is 30.5 Å². The molecule has 0 aliphatic heterocycles. The molecule has 2 aromatic rings. The van der Waals surface area contributed by atoms with E-state index in [9.17, 15) is 4.79 Å². The van der Waals surface area contributed by atoms with Gasteiger partial charge in [0.05, 0.1) is 5.69 Å². The average Bonchev–Trinajstić information content (AvgIpc) is 2.44. The van der Waals surface area contributed by atoms with Gasteiger partial charge in [0.1, 0.15) is 5.69 Å². The van der Waals surface area contributed by atoms with Crippen molar-refractivity contribution < 1.29 is 4.79 Å². The van der Waals surface area contributed by atoms with Crippen LogP contribution in [0, 0.1) is 24.2 Å². The van der Waals surface area contributed by atoms with Gasteiger partial charge in [0.25, 0.3) is 0 Å². The summed E-state index contributed by atoms with van der Waals surface area (Å²) in [5.41, 5.74) is 4.03. The number of nitrogens with zero attached hydrogens (tertiary/aromatic N) is 2. The second-order valence-corrected chi connectivity index (χ2v) is 6.57. The Morgan fingerprint density at radius 3 is 2.77 bits per heavy atom. The molecule has 0 aromatic carbocycles. The number of pyridine rings is 2. The molecule has 0 fully saturated rings. The zero-order valence-electron chi connectivity index (χ0n) is 13.1. The van der Waals surface area contributed by atoms with Crippen molar-refractivity contribution in [1.29, 1.82) is 0 Å². The number of carbonyl (C=O) groups excluding carboxylic acids is 1.